The largest absolute Gasteiger partial charge is 0.432 e. The van der Waals surface area contributed by atoms with Gasteiger partial charge in [0.15, 0.2) is 5.60 Å². The lowest BCUT2D eigenvalue weighted by molar-refractivity contribution is -0.560. The third-order valence-corrected chi connectivity index (χ3v) is 6.04. The molecule has 4 aliphatic heterocycles. The maximum atomic E-state index is 14.5. The van der Waals surface area contributed by atoms with Crippen LogP contribution in [0.3, 0.4) is 0 Å². The van der Waals surface area contributed by atoms with Crippen LogP contribution in [0.4, 0.5) is 4.39 Å². The number of fused-ring (bicyclic) bond motifs is 2. The van der Waals surface area contributed by atoms with E-state index in [0.717, 1.165) is 6.42 Å². The molecule has 5 fully saturated rings. The first-order valence-electron chi connectivity index (χ1n) is 7.76. The Kier molecular flexibility index (Phi) is 2.77. The van der Waals surface area contributed by atoms with Crippen molar-refractivity contribution in [3.63, 3.8) is 0 Å². The van der Waals surface area contributed by atoms with Crippen LogP contribution in [-0.4, -0.2) is 29.8 Å². The number of halogens is 1. The SMILES string of the molecule is C[C@@H]1[C@H](F)C[C@H]2[C@@H](C)C(=O)O[C@@H]3O[C@@]4(C)CC[C@@H]1[C@]32OO4. The Hall–Kier alpha value is -0.720. The molecule has 5 nitrogen and oxygen atoms in total. The summed E-state index contributed by atoms with van der Waals surface area (Å²) in [6.07, 6.45) is -0.102. The number of esters is 1. The van der Waals surface area contributed by atoms with Crippen LogP contribution < -0.4 is 0 Å². The molecule has 0 aromatic carbocycles. The smallest absolute Gasteiger partial charge is 0.311 e. The van der Waals surface area contributed by atoms with E-state index in [4.69, 9.17) is 19.2 Å². The summed E-state index contributed by atoms with van der Waals surface area (Å²) in [4.78, 5) is 23.5. The Labute approximate surface area is 123 Å². The summed E-state index contributed by atoms with van der Waals surface area (Å²) < 4.78 is 25.9. The van der Waals surface area contributed by atoms with Gasteiger partial charge in [0.05, 0.1) is 5.92 Å². The zero-order chi connectivity index (χ0) is 15.0. The Morgan fingerprint density at radius 2 is 2.00 bits per heavy atom. The first-order chi connectivity index (χ1) is 9.87. The number of carbonyl (C=O) groups is 1. The van der Waals surface area contributed by atoms with Crippen LogP contribution >= 0.6 is 0 Å². The zero-order valence-corrected chi connectivity index (χ0v) is 12.5. The standard InChI is InChI=1S/C15H21FO5/c1-7-9-4-5-14(3)19-13-15(9,21-20-14)10(6-11(7)16)8(2)12(17)18-13/h7-11,13H,4-6H2,1-3H3/t7-,8+,9-,10-,11+,13+,14+,15+/m0/s1. The van der Waals surface area contributed by atoms with E-state index >= 15 is 0 Å². The molecule has 6 heteroatoms. The monoisotopic (exact) mass is 300 g/mol. The molecule has 5 rings (SSSR count). The fraction of sp³-hybridized carbons (Fsp3) is 0.933. The molecular formula is C15H21FO5. The number of alkyl halides is 1. The van der Waals surface area contributed by atoms with Crippen LogP contribution in [0.15, 0.2) is 0 Å². The topological polar surface area (TPSA) is 54.0 Å². The van der Waals surface area contributed by atoms with Gasteiger partial charge in [-0.1, -0.05) is 13.8 Å². The number of hydrogen-bond donors (Lipinski definition) is 0. The molecule has 0 aromatic rings. The highest BCUT2D eigenvalue weighted by Gasteiger charge is 2.71. The van der Waals surface area contributed by atoms with Gasteiger partial charge in [-0.25, -0.2) is 14.2 Å². The lowest BCUT2D eigenvalue weighted by Gasteiger charge is -2.58. The van der Waals surface area contributed by atoms with Gasteiger partial charge in [0.2, 0.25) is 12.1 Å². The zero-order valence-electron chi connectivity index (χ0n) is 12.5. The van der Waals surface area contributed by atoms with Crippen LogP contribution in [0.25, 0.3) is 0 Å². The molecule has 8 atom stereocenters. The second kappa shape index (κ2) is 4.18. The van der Waals surface area contributed by atoms with Crippen molar-refractivity contribution in [2.75, 3.05) is 0 Å². The molecule has 1 saturated carbocycles. The van der Waals surface area contributed by atoms with E-state index in [-0.39, 0.29) is 30.1 Å². The van der Waals surface area contributed by atoms with Gasteiger partial charge >= 0.3 is 5.97 Å². The van der Waals surface area contributed by atoms with Crippen molar-refractivity contribution in [3.8, 4) is 0 Å². The summed E-state index contributed by atoms with van der Waals surface area (Å²) >= 11 is 0. The van der Waals surface area contributed by atoms with Crippen molar-refractivity contribution in [3.05, 3.63) is 0 Å². The normalized spacial score (nSPS) is 59.1. The van der Waals surface area contributed by atoms with Crippen molar-refractivity contribution in [1.29, 1.82) is 0 Å². The van der Waals surface area contributed by atoms with E-state index in [1.807, 2.05) is 6.92 Å². The lowest BCUT2D eigenvalue weighted by atomic mass is 9.57. The van der Waals surface area contributed by atoms with Gasteiger partial charge in [-0.05, 0) is 25.7 Å². The minimum absolute atomic E-state index is 0.0730. The maximum Gasteiger partial charge on any atom is 0.311 e. The Bertz CT molecular complexity index is 481. The van der Waals surface area contributed by atoms with Crippen molar-refractivity contribution in [2.24, 2.45) is 23.7 Å². The van der Waals surface area contributed by atoms with E-state index < -0.39 is 29.8 Å². The molecule has 2 bridgehead atoms. The average Bonchev–Trinajstić information content (AvgIpc) is 2.66. The van der Waals surface area contributed by atoms with Gasteiger partial charge < -0.3 is 9.47 Å². The first-order valence-corrected chi connectivity index (χ1v) is 7.76. The molecule has 1 spiro atoms. The average molecular weight is 300 g/mol. The molecule has 4 heterocycles. The Balaban J connectivity index is 1.85. The van der Waals surface area contributed by atoms with E-state index in [2.05, 4.69) is 0 Å². The summed E-state index contributed by atoms with van der Waals surface area (Å²) in [5, 5.41) is 0. The number of ether oxygens (including phenoxy) is 2. The minimum Gasteiger partial charge on any atom is -0.432 e. The number of hydrogen-bond acceptors (Lipinski definition) is 5. The molecule has 4 saturated heterocycles. The van der Waals surface area contributed by atoms with Gasteiger partial charge in [0.25, 0.3) is 0 Å². The highest BCUT2D eigenvalue weighted by Crippen LogP contribution is 2.60. The third-order valence-electron chi connectivity index (χ3n) is 6.04. The minimum atomic E-state index is -0.937. The van der Waals surface area contributed by atoms with E-state index in [9.17, 15) is 9.18 Å². The lowest BCUT2D eigenvalue weighted by Crippen LogP contribution is -2.70. The second-order valence-corrected chi connectivity index (χ2v) is 7.19. The Morgan fingerprint density at radius 1 is 1.24 bits per heavy atom. The molecule has 0 unspecified atom stereocenters. The van der Waals surface area contributed by atoms with Crippen molar-refractivity contribution in [2.45, 2.75) is 63.9 Å². The van der Waals surface area contributed by atoms with Gasteiger partial charge in [-0.2, -0.15) is 0 Å². The third kappa shape index (κ3) is 1.64. The molecule has 21 heavy (non-hydrogen) atoms. The predicted molar refractivity (Wildman–Crippen MR) is 68.3 cm³/mol. The van der Waals surface area contributed by atoms with Crippen molar-refractivity contribution >= 4 is 5.97 Å². The van der Waals surface area contributed by atoms with E-state index in [1.165, 1.54) is 0 Å². The quantitative estimate of drug-likeness (QED) is 0.508. The molecule has 118 valence electrons. The molecule has 0 N–H and O–H groups in total. The Morgan fingerprint density at radius 3 is 2.76 bits per heavy atom. The van der Waals surface area contributed by atoms with Crippen LogP contribution in [-0.2, 0) is 24.0 Å². The van der Waals surface area contributed by atoms with Crippen LogP contribution in [0.1, 0.15) is 40.0 Å². The highest BCUT2D eigenvalue weighted by molar-refractivity contribution is 5.74. The summed E-state index contributed by atoms with van der Waals surface area (Å²) in [5.74, 6) is -2.19. The number of rotatable bonds is 0. The summed E-state index contributed by atoms with van der Waals surface area (Å²) in [5.41, 5.74) is -0.870. The summed E-state index contributed by atoms with van der Waals surface area (Å²) in [7, 11) is 0. The molecule has 0 amide bonds. The molecule has 5 aliphatic rings. The maximum absolute atomic E-state index is 14.5. The van der Waals surface area contributed by atoms with Gasteiger partial charge in [0.1, 0.15) is 6.17 Å². The van der Waals surface area contributed by atoms with Crippen LogP contribution in [0.2, 0.25) is 0 Å². The fourth-order valence-electron chi connectivity index (χ4n) is 4.69. The van der Waals surface area contributed by atoms with Crippen molar-refractivity contribution in [1.82, 2.24) is 0 Å². The van der Waals surface area contributed by atoms with Crippen molar-refractivity contribution < 1.29 is 28.4 Å². The predicted octanol–water partition coefficient (Wildman–Crippen LogP) is 2.34. The first kappa shape index (κ1) is 13.9. The number of carbonyl (C=O) groups excluding carboxylic acids is 1. The fourth-order valence-corrected chi connectivity index (χ4v) is 4.69. The van der Waals surface area contributed by atoms with Crippen LogP contribution in [0.5, 0.6) is 0 Å². The molecule has 0 aromatic heterocycles. The highest BCUT2D eigenvalue weighted by atomic mass is 19.1. The second-order valence-electron chi connectivity index (χ2n) is 7.19. The summed E-state index contributed by atoms with van der Waals surface area (Å²) in [6.45, 7) is 5.46. The van der Waals surface area contributed by atoms with Crippen LogP contribution in [0, 0.1) is 23.7 Å². The van der Waals surface area contributed by atoms with E-state index in [0.29, 0.717) is 6.42 Å². The van der Waals surface area contributed by atoms with Gasteiger partial charge in [-0.15, -0.1) is 0 Å². The molecule has 0 radical (unpaired) electrons. The van der Waals surface area contributed by atoms with E-state index in [1.54, 1.807) is 13.8 Å². The summed E-state index contributed by atoms with van der Waals surface area (Å²) in [6, 6.07) is 0. The van der Waals surface area contributed by atoms with Gasteiger partial charge in [0, 0.05) is 18.3 Å². The molecular weight excluding hydrogens is 279 g/mol. The van der Waals surface area contributed by atoms with Gasteiger partial charge in [-0.3, -0.25) is 4.79 Å². The molecule has 1 aliphatic carbocycles.